The van der Waals surface area contributed by atoms with Crippen LogP contribution in [0.15, 0.2) is 0 Å². The molecule has 0 aromatic heterocycles. The lowest BCUT2D eigenvalue weighted by Crippen LogP contribution is -2.30. The summed E-state index contributed by atoms with van der Waals surface area (Å²) < 4.78 is 17.3. The quantitative estimate of drug-likeness (QED) is 0.0482. The lowest BCUT2D eigenvalue weighted by atomic mass is 9.94. The molecule has 2 atom stereocenters. The third-order valence-electron chi connectivity index (χ3n) is 12.3. The maximum absolute atomic E-state index is 13.2. The Morgan fingerprint density at radius 3 is 1.03 bits per heavy atom. The molecule has 0 radical (unpaired) electrons. The molecular formula is C52H103NO6. The molecular weight excluding hydrogens is 735 g/mol. The SMILES string of the molecule is CCCCCCCCCCC(CCCCCCCC)C(=O)OCCCCCCN(CCCCCCOC(=O)C(CCCCCC)CCCCCCCC)CCOCCO. The molecule has 0 spiro atoms. The average molecular weight is 838 g/mol. The van der Waals surface area contributed by atoms with E-state index in [1.807, 2.05) is 0 Å². The highest BCUT2D eigenvalue weighted by Gasteiger charge is 2.20. The topological polar surface area (TPSA) is 85.3 Å². The first kappa shape index (κ1) is 57.8. The highest BCUT2D eigenvalue weighted by Crippen LogP contribution is 2.23. The van der Waals surface area contributed by atoms with Gasteiger partial charge in [-0.25, -0.2) is 0 Å². The van der Waals surface area contributed by atoms with Crippen molar-refractivity contribution < 1.29 is 28.9 Å². The van der Waals surface area contributed by atoms with Gasteiger partial charge in [0.2, 0.25) is 0 Å². The zero-order chi connectivity index (χ0) is 43.1. The van der Waals surface area contributed by atoms with Gasteiger partial charge in [0.25, 0.3) is 0 Å². The molecule has 1 N–H and O–H groups in total. The van der Waals surface area contributed by atoms with E-state index >= 15 is 0 Å². The summed E-state index contributed by atoms with van der Waals surface area (Å²) in [4.78, 5) is 28.7. The van der Waals surface area contributed by atoms with Crippen LogP contribution in [0.4, 0.5) is 0 Å². The predicted molar refractivity (Wildman–Crippen MR) is 252 cm³/mol. The van der Waals surface area contributed by atoms with Gasteiger partial charge in [0.05, 0.1) is 44.9 Å². The number of hydrogen-bond donors (Lipinski definition) is 1. The average Bonchev–Trinajstić information content (AvgIpc) is 3.24. The van der Waals surface area contributed by atoms with Crippen molar-refractivity contribution in [2.24, 2.45) is 11.8 Å². The zero-order valence-corrected chi connectivity index (χ0v) is 40.2. The Balaban J connectivity index is 4.49. The summed E-state index contributed by atoms with van der Waals surface area (Å²) in [6, 6.07) is 0. The highest BCUT2D eigenvalue weighted by molar-refractivity contribution is 5.72. The Labute approximate surface area is 368 Å². The molecule has 0 aromatic rings. The lowest BCUT2D eigenvalue weighted by molar-refractivity contribution is -0.150. The van der Waals surface area contributed by atoms with Gasteiger partial charge in [0, 0.05) is 6.54 Å². The van der Waals surface area contributed by atoms with Gasteiger partial charge in [0.15, 0.2) is 0 Å². The van der Waals surface area contributed by atoms with E-state index in [-0.39, 0.29) is 30.4 Å². The summed E-state index contributed by atoms with van der Waals surface area (Å²) in [6.45, 7) is 14.2. The van der Waals surface area contributed by atoms with Crippen LogP contribution < -0.4 is 0 Å². The first-order valence-electron chi connectivity index (χ1n) is 26.3. The Kier molecular flexibility index (Phi) is 46.9. The molecule has 0 rings (SSSR count). The Hall–Kier alpha value is -1.18. The number of aliphatic hydroxyl groups is 1. The van der Waals surface area contributed by atoms with E-state index in [2.05, 4.69) is 32.6 Å². The van der Waals surface area contributed by atoms with Crippen molar-refractivity contribution in [3.8, 4) is 0 Å². The Morgan fingerprint density at radius 2 is 0.678 bits per heavy atom. The third-order valence-corrected chi connectivity index (χ3v) is 12.3. The van der Waals surface area contributed by atoms with Crippen molar-refractivity contribution in [1.29, 1.82) is 0 Å². The van der Waals surface area contributed by atoms with Gasteiger partial charge in [0.1, 0.15) is 0 Å². The van der Waals surface area contributed by atoms with Crippen LogP contribution >= 0.6 is 0 Å². The molecule has 0 saturated heterocycles. The number of unbranched alkanes of at least 4 members (excludes halogenated alkanes) is 26. The molecule has 0 heterocycles. The molecule has 7 heteroatoms. The smallest absolute Gasteiger partial charge is 0.308 e. The minimum absolute atomic E-state index is 0.0454. The van der Waals surface area contributed by atoms with Gasteiger partial charge in [-0.2, -0.15) is 0 Å². The molecule has 2 unspecified atom stereocenters. The van der Waals surface area contributed by atoms with Crippen molar-refractivity contribution in [2.75, 3.05) is 52.7 Å². The summed E-state index contributed by atoms with van der Waals surface area (Å²) in [5, 5.41) is 9.14. The number of rotatable bonds is 49. The normalized spacial score (nSPS) is 12.6. The summed E-state index contributed by atoms with van der Waals surface area (Å²) in [5.41, 5.74) is 0. The molecule has 0 saturated carbocycles. The molecule has 0 aromatic carbocycles. The summed E-state index contributed by atoms with van der Waals surface area (Å²) in [7, 11) is 0. The van der Waals surface area contributed by atoms with Crippen molar-refractivity contribution in [2.45, 2.75) is 259 Å². The number of carbonyl (C=O) groups is 2. The van der Waals surface area contributed by atoms with Gasteiger partial charge in [-0.1, -0.05) is 207 Å². The van der Waals surface area contributed by atoms with Crippen LogP contribution in [-0.4, -0.2) is 74.6 Å². The molecule has 0 fully saturated rings. The van der Waals surface area contributed by atoms with E-state index in [0.29, 0.717) is 26.4 Å². The molecule has 0 amide bonds. The van der Waals surface area contributed by atoms with E-state index in [4.69, 9.17) is 19.3 Å². The fourth-order valence-corrected chi connectivity index (χ4v) is 8.30. The van der Waals surface area contributed by atoms with Crippen molar-refractivity contribution in [1.82, 2.24) is 4.90 Å². The van der Waals surface area contributed by atoms with Gasteiger partial charge in [-0.05, 0) is 64.5 Å². The first-order valence-corrected chi connectivity index (χ1v) is 26.3. The number of carbonyl (C=O) groups excluding carboxylic acids is 2. The van der Waals surface area contributed by atoms with E-state index in [1.54, 1.807) is 0 Å². The molecule has 59 heavy (non-hydrogen) atoms. The number of ether oxygens (including phenoxy) is 3. The second-order valence-corrected chi connectivity index (χ2v) is 18.0. The highest BCUT2D eigenvalue weighted by atomic mass is 16.5. The molecule has 0 aliphatic carbocycles. The van der Waals surface area contributed by atoms with Gasteiger partial charge in [-0.3, -0.25) is 9.59 Å². The first-order chi connectivity index (χ1) is 29.0. The monoisotopic (exact) mass is 838 g/mol. The van der Waals surface area contributed by atoms with Crippen LogP contribution in [-0.2, 0) is 23.8 Å². The minimum atomic E-state index is 0.0454. The lowest BCUT2D eigenvalue weighted by Gasteiger charge is -2.22. The summed E-state index contributed by atoms with van der Waals surface area (Å²) in [5.74, 6) is 0.259. The maximum Gasteiger partial charge on any atom is 0.308 e. The van der Waals surface area contributed by atoms with Gasteiger partial charge in [-0.15, -0.1) is 0 Å². The van der Waals surface area contributed by atoms with Crippen molar-refractivity contribution in [3.05, 3.63) is 0 Å². The molecule has 7 nitrogen and oxygen atoms in total. The summed E-state index contributed by atoms with van der Waals surface area (Å²) >= 11 is 0. The van der Waals surface area contributed by atoms with Crippen LogP contribution in [0, 0.1) is 11.8 Å². The number of aliphatic hydroxyl groups excluding tert-OH is 1. The number of nitrogens with zero attached hydrogens (tertiary/aromatic N) is 1. The van der Waals surface area contributed by atoms with Gasteiger partial charge < -0.3 is 24.2 Å². The molecule has 0 aliphatic rings. The second-order valence-electron chi connectivity index (χ2n) is 18.0. The standard InChI is InChI=1S/C52H103NO6/c1-5-9-13-17-20-21-24-32-40-50(39-31-23-19-15-11-7-3)52(56)59-46-36-28-26-34-42-53(43-47-57-48-44-54)41-33-25-27-35-45-58-51(55)49(37-29-16-12-8-4)38-30-22-18-14-10-6-2/h49-50,54H,5-48H2,1-4H3. The van der Waals surface area contributed by atoms with Gasteiger partial charge >= 0.3 is 11.9 Å². The fraction of sp³-hybridized carbons (Fsp3) is 0.962. The van der Waals surface area contributed by atoms with Crippen LogP contribution in [0.5, 0.6) is 0 Å². The van der Waals surface area contributed by atoms with Crippen LogP contribution in [0.2, 0.25) is 0 Å². The molecule has 352 valence electrons. The molecule has 0 aliphatic heterocycles. The van der Waals surface area contributed by atoms with Crippen molar-refractivity contribution in [3.63, 3.8) is 0 Å². The van der Waals surface area contributed by atoms with Crippen molar-refractivity contribution >= 4 is 11.9 Å². The second kappa shape index (κ2) is 47.9. The van der Waals surface area contributed by atoms with E-state index < -0.39 is 0 Å². The van der Waals surface area contributed by atoms with E-state index in [9.17, 15) is 9.59 Å². The zero-order valence-electron chi connectivity index (χ0n) is 40.2. The molecule has 0 bridgehead atoms. The third kappa shape index (κ3) is 40.6. The number of hydrogen-bond acceptors (Lipinski definition) is 7. The number of esters is 2. The van der Waals surface area contributed by atoms with Crippen LogP contribution in [0.3, 0.4) is 0 Å². The minimum Gasteiger partial charge on any atom is -0.465 e. The maximum atomic E-state index is 13.2. The largest absolute Gasteiger partial charge is 0.465 e. The van der Waals surface area contributed by atoms with E-state index in [0.717, 1.165) is 122 Å². The Morgan fingerprint density at radius 1 is 0.373 bits per heavy atom. The van der Waals surface area contributed by atoms with Crippen LogP contribution in [0.1, 0.15) is 259 Å². The predicted octanol–water partition coefficient (Wildman–Crippen LogP) is 14.7. The Bertz CT molecular complexity index is 855. The van der Waals surface area contributed by atoms with E-state index in [1.165, 1.54) is 128 Å². The van der Waals surface area contributed by atoms with Crippen LogP contribution in [0.25, 0.3) is 0 Å². The summed E-state index contributed by atoms with van der Waals surface area (Å²) in [6.07, 6.45) is 42.9. The fourth-order valence-electron chi connectivity index (χ4n) is 8.30.